The first-order valence-electron chi connectivity index (χ1n) is 4.92. The first kappa shape index (κ1) is 10.8. The van der Waals surface area contributed by atoms with Crippen molar-refractivity contribution in [3.05, 3.63) is 42.3 Å². The van der Waals surface area contributed by atoms with E-state index in [-0.39, 0.29) is 5.91 Å². The fourth-order valence-corrected chi connectivity index (χ4v) is 1.34. The van der Waals surface area contributed by atoms with E-state index in [0.29, 0.717) is 5.56 Å². The summed E-state index contributed by atoms with van der Waals surface area (Å²) in [6, 6.07) is 7.48. The summed E-state index contributed by atoms with van der Waals surface area (Å²) in [5.41, 5.74) is 6.97. The Labute approximate surface area is 85.1 Å². The molecule has 0 aliphatic heterocycles. The third-order valence-electron chi connectivity index (χ3n) is 2.20. The molecule has 14 heavy (non-hydrogen) atoms. The Balaban J connectivity index is 2.51. The quantitative estimate of drug-likeness (QED) is 0.711. The van der Waals surface area contributed by atoms with E-state index in [9.17, 15) is 4.79 Å². The molecule has 0 unspecified atom stereocenters. The predicted molar refractivity (Wildman–Crippen MR) is 57.9 cm³/mol. The van der Waals surface area contributed by atoms with Crippen LogP contribution < -0.4 is 5.73 Å². The molecule has 1 rings (SSSR count). The van der Waals surface area contributed by atoms with Crippen LogP contribution in [0.4, 0.5) is 0 Å². The van der Waals surface area contributed by atoms with Crippen LogP contribution in [0.25, 0.3) is 0 Å². The highest BCUT2D eigenvalue weighted by molar-refractivity contribution is 5.92. The highest BCUT2D eigenvalue weighted by Crippen LogP contribution is 2.08. The van der Waals surface area contributed by atoms with Crippen LogP contribution in [0.1, 0.15) is 35.2 Å². The van der Waals surface area contributed by atoms with Crippen LogP contribution in [0.2, 0.25) is 0 Å². The minimum Gasteiger partial charge on any atom is -0.366 e. The van der Waals surface area contributed by atoms with Gasteiger partial charge in [0.1, 0.15) is 0 Å². The van der Waals surface area contributed by atoms with Gasteiger partial charge in [-0.25, -0.2) is 0 Å². The number of benzene rings is 1. The molecule has 0 atom stereocenters. The molecule has 75 valence electrons. The second-order valence-corrected chi connectivity index (χ2v) is 3.37. The normalized spacial score (nSPS) is 10.1. The fraction of sp³-hybridized carbons (Fsp3) is 0.333. The molecule has 0 saturated carbocycles. The first-order chi connectivity index (χ1) is 6.74. The molecule has 0 saturated heterocycles. The van der Waals surface area contributed by atoms with Gasteiger partial charge in [-0.1, -0.05) is 31.9 Å². The Morgan fingerprint density at radius 3 is 2.36 bits per heavy atom. The number of carbonyl (C=O) groups excluding carboxylic acids is 1. The molecule has 1 aromatic rings. The standard InChI is InChI=1S/C12H16NO/c1-2-3-4-5-10-6-8-11(9-7-10)12(13)14/h6-9H,1-5H2,(H2,13,14). The minimum atomic E-state index is -0.366. The summed E-state index contributed by atoms with van der Waals surface area (Å²) in [5, 5.41) is 0. The van der Waals surface area contributed by atoms with E-state index in [4.69, 9.17) is 5.73 Å². The zero-order valence-corrected chi connectivity index (χ0v) is 8.33. The van der Waals surface area contributed by atoms with Crippen molar-refractivity contribution in [1.82, 2.24) is 0 Å². The van der Waals surface area contributed by atoms with E-state index in [1.165, 1.54) is 5.56 Å². The van der Waals surface area contributed by atoms with Crippen molar-refractivity contribution in [2.75, 3.05) is 0 Å². The molecule has 0 spiro atoms. The molecule has 2 heteroatoms. The Morgan fingerprint density at radius 2 is 1.86 bits per heavy atom. The van der Waals surface area contributed by atoms with Crippen molar-refractivity contribution >= 4 is 5.91 Å². The topological polar surface area (TPSA) is 43.1 Å². The minimum absolute atomic E-state index is 0.366. The molecule has 0 aromatic heterocycles. The van der Waals surface area contributed by atoms with E-state index >= 15 is 0 Å². The van der Waals surface area contributed by atoms with Gasteiger partial charge >= 0.3 is 0 Å². The van der Waals surface area contributed by atoms with Crippen molar-refractivity contribution in [2.45, 2.75) is 25.7 Å². The van der Waals surface area contributed by atoms with Gasteiger partial charge in [0.25, 0.3) is 0 Å². The molecule has 2 nitrogen and oxygen atoms in total. The fourth-order valence-electron chi connectivity index (χ4n) is 1.34. The zero-order chi connectivity index (χ0) is 10.4. The van der Waals surface area contributed by atoms with Gasteiger partial charge in [0.05, 0.1) is 0 Å². The smallest absolute Gasteiger partial charge is 0.248 e. The summed E-state index contributed by atoms with van der Waals surface area (Å²) in [5.74, 6) is -0.366. The molecule has 2 N–H and O–H groups in total. The average Bonchev–Trinajstić information content (AvgIpc) is 2.19. The maximum absolute atomic E-state index is 10.8. The average molecular weight is 190 g/mol. The Morgan fingerprint density at radius 1 is 1.21 bits per heavy atom. The van der Waals surface area contributed by atoms with Gasteiger partial charge < -0.3 is 5.73 Å². The van der Waals surface area contributed by atoms with Crippen LogP contribution in [0, 0.1) is 6.92 Å². The van der Waals surface area contributed by atoms with Crippen LogP contribution in [0.15, 0.2) is 24.3 Å². The van der Waals surface area contributed by atoms with Gasteiger partial charge in [-0.05, 0) is 30.5 Å². The molecule has 1 aromatic carbocycles. The van der Waals surface area contributed by atoms with Crippen molar-refractivity contribution < 1.29 is 4.79 Å². The van der Waals surface area contributed by atoms with E-state index in [2.05, 4.69) is 6.92 Å². The molecule has 0 bridgehead atoms. The van der Waals surface area contributed by atoms with Gasteiger partial charge in [0.2, 0.25) is 5.91 Å². The monoisotopic (exact) mass is 190 g/mol. The van der Waals surface area contributed by atoms with Crippen LogP contribution in [0.3, 0.4) is 0 Å². The van der Waals surface area contributed by atoms with E-state index in [1.807, 2.05) is 12.1 Å². The third-order valence-corrected chi connectivity index (χ3v) is 2.20. The number of primary amides is 1. The summed E-state index contributed by atoms with van der Waals surface area (Å²) >= 11 is 0. The van der Waals surface area contributed by atoms with E-state index in [1.54, 1.807) is 12.1 Å². The second-order valence-electron chi connectivity index (χ2n) is 3.37. The summed E-state index contributed by atoms with van der Waals surface area (Å²) < 4.78 is 0. The lowest BCUT2D eigenvalue weighted by Gasteiger charge is -2.01. The van der Waals surface area contributed by atoms with Crippen molar-refractivity contribution in [1.29, 1.82) is 0 Å². The second kappa shape index (κ2) is 5.43. The summed E-state index contributed by atoms with van der Waals surface area (Å²) in [7, 11) is 0. The molecule has 0 aliphatic rings. The van der Waals surface area contributed by atoms with Gasteiger partial charge in [-0.2, -0.15) is 0 Å². The summed E-state index contributed by atoms with van der Waals surface area (Å²) in [6.45, 7) is 3.79. The molecule has 0 heterocycles. The molecule has 0 fully saturated rings. The van der Waals surface area contributed by atoms with E-state index < -0.39 is 0 Å². The largest absolute Gasteiger partial charge is 0.366 e. The van der Waals surface area contributed by atoms with Gasteiger partial charge in [0, 0.05) is 5.56 Å². The van der Waals surface area contributed by atoms with Crippen LogP contribution in [-0.4, -0.2) is 5.91 Å². The number of amides is 1. The number of hydrogen-bond acceptors (Lipinski definition) is 1. The number of nitrogens with two attached hydrogens (primary N) is 1. The third kappa shape index (κ3) is 3.21. The molecular formula is C12H16NO. The lowest BCUT2D eigenvalue weighted by Crippen LogP contribution is -2.10. The zero-order valence-electron chi connectivity index (χ0n) is 8.33. The highest BCUT2D eigenvalue weighted by atomic mass is 16.1. The Bertz CT molecular complexity index is 290. The SMILES string of the molecule is [CH2]CCCCc1ccc(C(N)=O)cc1. The van der Waals surface area contributed by atoms with Crippen LogP contribution >= 0.6 is 0 Å². The van der Waals surface area contributed by atoms with Crippen LogP contribution in [0.5, 0.6) is 0 Å². The van der Waals surface area contributed by atoms with Crippen molar-refractivity contribution in [3.63, 3.8) is 0 Å². The van der Waals surface area contributed by atoms with Gasteiger partial charge in [0.15, 0.2) is 0 Å². The van der Waals surface area contributed by atoms with Crippen LogP contribution in [-0.2, 0) is 6.42 Å². The highest BCUT2D eigenvalue weighted by Gasteiger charge is 1.99. The lowest BCUT2D eigenvalue weighted by molar-refractivity contribution is 0.100. The number of carbonyl (C=O) groups is 1. The number of aryl methyl sites for hydroxylation is 1. The van der Waals surface area contributed by atoms with Gasteiger partial charge in [-0.3, -0.25) is 4.79 Å². The number of rotatable bonds is 5. The predicted octanol–water partition coefficient (Wildman–Crippen LogP) is 2.33. The Hall–Kier alpha value is -1.31. The summed E-state index contributed by atoms with van der Waals surface area (Å²) in [6.07, 6.45) is 4.34. The first-order valence-corrected chi connectivity index (χ1v) is 4.92. The van der Waals surface area contributed by atoms with Crippen molar-refractivity contribution in [2.24, 2.45) is 5.73 Å². The molecule has 1 radical (unpaired) electrons. The number of hydrogen-bond donors (Lipinski definition) is 1. The number of unbranched alkanes of at least 4 members (excludes halogenated alkanes) is 2. The van der Waals surface area contributed by atoms with E-state index in [0.717, 1.165) is 25.7 Å². The molecule has 1 amide bonds. The maximum Gasteiger partial charge on any atom is 0.248 e. The van der Waals surface area contributed by atoms with Crippen molar-refractivity contribution in [3.8, 4) is 0 Å². The molecular weight excluding hydrogens is 174 g/mol. The van der Waals surface area contributed by atoms with Gasteiger partial charge in [-0.15, -0.1) is 0 Å². The lowest BCUT2D eigenvalue weighted by atomic mass is 10.1. The molecule has 0 aliphatic carbocycles. The Kier molecular flexibility index (Phi) is 4.17. The maximum atomic E-state index is 10.8. The summed E-state index contributed by atoms with van der Waals surface area (Å²) in [4.78, 5) is 10.8.